The van der Waals surface area contributed by atoms with Gasteiger partial charge in [0.15, 0.2) is 5.78 Å². The van der Waals surface area contributed by atoms with Crippen molar-refractivity contribution < 1.29 is 9.53 Å². The Labute approximate surface area is 130 Å². The van der Waals surface area contributed by atoms with Gasteiger partial charge in [-0.1, -0.05) is 51.9 Å². The minimum Gasteiger partial charge on any atom is -0.367 e. The summed E-state index contributed by atoms with van der Waals surface area (Å²) in [6, 6.07) is 0.595. The predicted molar refractivity (Wildman–Crippen MR) is 86.6 cm³/mol. The first-order valence-electron chi connectivity index (χ1n) is 9.19. The molecule has 2 saturated heterocycles. The molecule has 0 spiro atoms. The zero-order valence-electron chi connectivity index (χ0n) is 13.8. The van der Waals surface area contributed by atoms with Crippen molar-refractivity contribution in [1.29, 1.82) is 0 Å². The minimum absolute atomic E-state index is 0.135. The van der Waals surface area contributed by atoms with Crippen molar-refractivity contribution in [2.75, 3.05) is 19.7 Å². The van der Waals surface area contributed by atoms with Gasteiger partial charge in [-0.15, -0.1) is 0 Å². The summed E-state index contributed by atoms with van der Waals surface area (Å²) >= 11 is 0. The molecule has 2 rings (SSSR count). The summed E-state index contributed by atoms with van der Waals surface area (Å²) in [6.45, 7) is 5.03. The van der Waals surface area contributed by atoms with Gasteiger partial charge in [0.1, 0.15) is 6.10 Å². The van der Waals surface area contributed by atoms with Gasteiger partial charge in [0.25, 0.3) is 0 Å². The van der Waals surface area contributed by atoms with E-state index in [0.717, 1.165) is 32.5 Å². The Morgan fingerprint density at radius 2 is 1.81 bits per heavy atom. The maximum absolute atomic E-state index is 12.2. The lowest BCUT2D eigenvalue weighted by Gasteiger charge is -2.34. The van der Waals surface area contributed by atoms with E-state index in [1.54, 1.807) is 0 Å². The van der Waals surface area contributed by atoms with E-state index < -0.39 is 0 Å². The number of carbonyl (C=O) groups is 1. The number of hydrogen-bond acceptors (Lipinski definition) is 3. The Kier molecular flexibility index (Phi) is 7.73. The van der Waals surface area contributed by atoms with E-state index in [4.69, 9.17) is 4.74 Å². The van der Waals surface area contributed by atoms with Crippen molar-refractivity contribution >= 4 is 5.78 Å². The van der Waals surface area contributed by atoms with Gasteiger partial charge in [-0.05, 0) is 25.8 Å². The fourth-order valence-electron chi connectivity index (χ4n) is 3.61. The molecule has 3 nitrogen and oxygen atoms in total. The summed E-state index contributed by atoms with van der Waals surface area (Å²) in [5.74, 6) is 0.339. The molecule has 122 valence electrons. The normalized spacial score (nSPS) is 26.0. The van der Waals surface area contributed by atoms with E-state index in [9.17, 15) is 4.79 Å². The average Bonchev–Trinajstić information content (AvgIpc) is 2.97. The second-order valence-corrected chi connectivity index (χ2v) is 6.80. The van der Waals surface area contributed by atoms with E-state index in [1.807, 2.05) is 0 Å². The highest BCUT2D eigenvalue weighted by molar-refractivity contribution is 5.83. The SMILES string of the molecule is CCCCCCCCCCC(=O)C1CN2CCCC2CO1. The second-order valence-electron chi connectivity index (χ2n) is 6.80. The molecule has 3 heteroatoms. The smallest absolute Gasteiger partial charge is 0.162 e. The van der Waals surface area contributed by atoms with Crippen LogP contribution in [0.5, 0.6) is 0 Å². The van der Waals surface area contributed by atoms with Gasteiger partial charge >= 0.3 is 0 Å². The highest BCUT2D eigenvalue weighted by Gasteiger charge is 2.34. The minimum atomic E-state index is -0.135. The van der Waals surface area contributed by atoms with E-state index in [-0.39, 0.29) is 6.10 Å². The third-order valence-electron chi connectivity index (χ3n) is 5.03. The summed E-state index contributed by atoms with van der Waals surface area (Å²) in [7, 11) is 0. The molecule has 0 saturated carbocycles. The molecule has 0 aromatic carbocycles. The van der Waals surface area contributed by atoms with Crippen molar-refractivity contribution in [3.63, 3.8) is 0 Å². The number of fused-ring (bicyclic) bond motifs is 1. The number of unbranched alkanes of at least 4 members (excludes halogenated alkanes) is 7. The van der Waals surface area contributed by atoms with Crippen molar-refractivity contribution in [3.05, 3.63) is 0 Å². The lowest BCUT2D eigenvalue weighted by molar-refractivity contribution is -0.138. The van der Waals surface area contributed by atoms with Gasteiger partial charge in [-0.25, -0.2) is 0 Å². The van der Waals surface area contributed by atoms with Gasteiger partial charge in [-0.2, -0.15) is 0 Å². The highest BCUT2D eigenvalue weighted by atomic mass is 16.5. The second kappa shape index (κ2) is 9.58. The molecule has 2 aliphatic heterocycles. The van der Waals surface area contributed by atoms with Crippen LogP contribution in [0.25, 0.3) is 0 Å². The number of carbonyl (C=O) groups excluding carboxylic acids is 1. The van der Waals surface area contributed by atoms with Crippen molar-refractivity contribution in [1.82, 2.24) is 4.90 Å². The zero-order valence-corrected chi connectivity index (χ0v) is 13.8. The number of rotatable bonds is 10. The first kappa shape index (κ1) is 17.0. The summed E-state index contributed by atoms with van der Waals surface area (Å²) in [5, 5.41) is 0. The first-order chi connectivity index (χ1) is 10.3. The maximum Gasteiger partial charge on any atom is 0.162 e. The summed E-state index contributed by atoms with van der Waals surface area (Å²) in [4.78, 5) is 14.7. The third kappa shape index (κ3) is 5.71. The molecule has 0 aromatic heterocycles. The summed E-state index contributed by atoms with van der Waals surface area (Å²) in [5.41, 5.74) is 0. The molecule has 0 aliphatic carbocycles. The molecular weight excluding hydrogens is 262 g/mol. The quantitative estimate of drug-likeness (QED) is 0.572. The van der Waals surface area contributed by atoms with E-state index in [1.165, 1.54) is 57.8 Å². The predicted octanol–water partition coefficient (Wildman–Crippen LogP) is 3.95. The molecule has 0 bridgehead atoms. The van der Waals surface area contributed by atoms with Crippen LogP contribution in [0.1, 0.15) is 77.6 Å². The first-order valence-corrected chi connectivity index (χ1v) is 9.19. The van der Waals surface area contributed by atoms with Crippen LogP contribution in [0.4, 0.5) is 0 Å². The van der Waals surface area contributed by atoms with Gasteiger partial charge in [-0.3, -0.25) is 9.69 Å². The van der Waals surface area contributed by atoms with Crippen LogP contribution < -0.4 is 0 Å². The van der Waals surface area contributed by atoms with Crippen molar-refractivity contribution in [2.45, 2.75) is 89.7 Å². The average molecular weight is 295 g/mol. The lowest BCUT2D eigenvalue weighted by Crippen LogP contribution is -2.49. The van der Waals surface area contributed by atoms with E-state index >= 15 is 0 Å². The van der Waals surface area contributed by atoms with Gasteiger partial charge < -0.3 is 4.74 Å². The van der Waals surface area contributed by atoms with Crippen LogP contribution in [0.2, 0.25) is 0 Å². The Balaban J connectivity index is 1.49. The number of ketones is 1. The van der Waals surface area contributed by atoms with Gasteiger partial charge in [0.05, 0.1) is 6.61 Å². The van der Waals surface area contributed by atoms with Crippen LogP contribution >= 0.6 is 0 Å². The standard InChI is InChI=1S/C18H33NO2/c1-2-3-4-5-6-7-8-9-12-17(20)18-14-19-13-10-11-16(19)15-21-18/h16,18H,2-15H2,1H3. The van der Waals surface area contributed by atoms with Crippen LogP contribution in [0, 0.1) is 0 Å². The molecule has 2 atom stereocenters. The Morgan fingerprint density at radius 1 is 1.10 bits per heavy atom. The van der Waals surface area contributed by atoms with Crippen LogP contribution in [0.3, 0.4) is 0 Å². The number of morpholine rings is 1. The number of hydrogen-bond donors (Lipinski definition) is 0. The molecule has 0 N–H and O–H groups in total. The highest BCUT2D eigenvalue weighted by Crippen LogP contribution is 2.23. The lowest BCUT2D eigenvalue weighted by atomic mass is 10.0. The van der Waals surface area contributed by atoms with Gasteiger partial charge in [0.2, 0.25) is 0 Å². The van der Waals surface area contributed by atoms with Crippen molar-refractivity contribution in [2.24, 2.45) is 0 Å². The fourth-order valence-corrected chi connectivity index (χ4v) is 3.61. The Bertz CT molecular complexity index is 306. The van der Waals surface area contributed by atoms with E-state index in [2.05, 4.69) is 11.8 Å². The molecular formula is C18H33NO2. The van der Waals surface area contributed by atoms with Crippen LogP contribution in [-0.4, -0.2) is 42.5 Å². The Morgan fingerprint density at radius 3 is 2.57 bits per heavy atom. The van der Waals surface area contributed by atoms with Crippen molar-refractivity contribution in [3.8, 4) is 0 Å². The van der Waals surface area contributed by atoms with Crippen LogP contribution in [-0.2, 0) is 9.53 Å². The number of ether oxygens (including phenoxy) is 1. The van der Waals surface area contributed by atoms with E-state index in [0.29, 0.717) is 11.8 Å². The Hall–Kier alpha value is -0.410. The summed E-state index contributed by atoms with van der Waals surface area (Å²) < 4.78 is 5.78. The number of nitrogens with zero attached hydrogens (tertiary/aromatic N) is 1. The topological polar surface area (TPSA) is 29.5 Å². The molecule has 2 fully saturated rings. The molecule has 2 heterocycles. The monoisotopic (exact) mass is 295 g/mol. The molecule has 21 heavy (non-hydrogen) atoms. The van der Waals surface area contributed by atoms with Crippen LogP contribution in [0.15, 0.2) is 0 Å². The van der Waals surface area contributed by atoms with Gasteiger partial charge in [0, 0.05) is 19.0 Å². The molecule has 2 unspecified atom stereocenters. The zero-order chi connectivity index (χ0) is 14.9. The third-order valence-corrected chi connectivity index (χ3v) is 5.03. The molecule has 0 aromatic rings. The molecule has 0 amide bonds. The summed E-state index contributed by atoms with van der Waals surface area (Å²) in [6.07, 6.45) is 13.4. The largest absolute Gasteiger partial charge is 0.367 e. The molecule has 2 aliphatic rings. The fraction of sp³-hybridized carbons (Fsp3) is 0.944. The molecule has 0 radical (unpaired) electrons. The maximum atomic E-state index is 12.2. The number of Topliss-reactive ketones (excluding diaryl/α,β-unsaturated/α-hetero) is 1.